The van der Waals surface area contributed by atoms with E-state index in [1.807, 2.05) is 21.1 Å². The Balaban J connectivity index is 4.18. The molecule has 0 aliphatic carbocycles. The van der Waals surface area contributed by atoms with Gasteiger partial charge >= 0.3 is 17.9 Å². The molecule has 2 unspecified atom stereocenters. The molecule has 55 heavy (non-hydrogen) atoms. The molecular weight excluding hydrogens is 691 g/mol. The zero-order chi connectivity index (χ0) is 40.7. The molecule has 2 atom stereocenters. The lowest BCUT2D eigenvalue weighted by Crippen LogP contribution is -2.50. The van der Waals surface area contributed by atoms with Gasteiger partial charge in [-0.15, -0.1) is 0 Å². The Morgan fingerprint density at radius 3 is 1.31 bits per heavy atom. The van der Waals surface area contributed by atoms with Gasteiger partial charge in [-0.05, 0) is 38.5 Å². The van der Waals surface area contributed by atoms with Gasteiger partial charge in [0.1, 0.15) is 6.61 Å². The van der Waals surface area contributed by atoms with Crippen molar-refractivity contribution in [2.45, 2.75) is 231 Å². The van der Waals surface area contributed by atoms with E-state index >= 15 is 0 Å². The SMILES string of the molecule is CCCCCCCCCCCC/C=C/CCCCCCCCCC(=O)OCC(COCCC(C(=O)O)[N+](C)(C)C)OC(=O)CCCCCCCCCCCC. The number of ether oxygens (including phenoxy) is 3. The Morgan fingerprint density at radius 1 is 0.527 bits per heavy atom. The summed E-state index contributed by atoms with van der Waals surface area (Å²) in [5, 5.41) is 9.61. The van der Waals surface area contributed by atoms with Crippen LogP contribution in [-0.2, 0) is 28.6 Å². The van der Waals surface area contributed by atoms with Gasteiger partial charge in [0.25, 0.3) is 0 Å². The van der Waals surface area contributed by atoms with Crippen molar-refractivity contribution in [2.24, 2.45) is 0 Å². The zero-order valence-electron chi connectivity index (χ0n) is 36.9. The molecule has 0 spiro atoms. The molecular formula is C47H90NO7+. The van der Waals surface area contributed by atoms with Gasteiger partial charge < -0.3 is 23.8 Å². The van der Waals surface area contributed by atoms with Gasteiger partial charge in [0.05, 0.1) is 34.4 Å². The van der Waals surface area contributed by atoms with E-state index in [4.69, 9.17) is 14.2 Å². The van der Waals surface area contributed by atoms with E-state index < -0.39 is 18.1 Å². The number of carboxylic acid groups (broad SMARTS) is 1. The van der Waals surface area contributed by atoms with Gasteiger partial charge in [0.2, 0.25) is 0 Å². The van der Waals surface area contributed by atoms with Gasteiger partial charge in [0.15, 0.2) is 12.1 Å². The zero-order valence-corrected chi connectivity index (χ0v) is 36.9. The molecule has 8 nitrogen and oxygen atoms in total. The van der Waals surface area contributed by atoms with Crippen molar-refractivity contribution >= 4 is 17.9 Å². The molecule has 0 radical (unpaired) electrons. The number of allylic oxidation sites excluding steroid dienone is 2. The van der Waals surface area contributed by atoms with Crippen LogP contribution in [-0.4, -0.2) is 80.6 Å². The summed E-state index contributed by atoms with van der Waals surface area (Å²) in [7, 11) is 5.53. The van der Waals surface area contributed by atoms with Crippen LogP contribution in [0.25, 0.3) is 0 Å². The number of hydrogen-bond acceptors (Lipinski definition) is 6. The first kappa shape index (κ1) is 53.1. The number of aliphatic carboxylic acids is 1. The Labute approximate surface area is 339 Å². The maximum absolute atomic E-state index is 12.7. The highest BCUT2D eigenvalue weighted by atomic mass is 16.6. The highest BCUT2D eigenvalue weighted by molar-refractivity contribution is 5.72. The van der Waals surface area contributed by atoms with E-state index in [1.165, 1.54) is 148 Å². The van der Waals surface area contributed by atoms with Crippen LogP contribution in [0.2, 0.25) is 0 Å². The Bertz CT molecular complexity index is 915. The highest BCUT2D eigenvalue weighted by Gasteiger charge is 2.31. The van der Waals surface area contributed by atoms with Crippen LogP contribution in [0.15, 0.2) is 12.2 Å². The van der Waals surface area contributed by atoms with Gasteiger partial charge in [0, 0.05) is 19.3 Å². The summed E-state index contributed by atoms with van der Waals surface area (Å²) in [5.74, 6) is -1.46. The molecule has 0 aromatic carbocycles. The molecule has 0 bridgehead atoms. The van der Waals surface area contributed by atoms with Crippen LogP contribution >= 0.6 is 0 Å². The lowest BCUT2D eigenvalue weighted by atomic mass is 10.1. The second kappa shape index (κ2) is 38.9. The van der Waals surface area contributed by atoms with Gasteiger partial charge in [-0.25, -0.2) is 4.79 Å². The third kappa shape index (κ3) is 37.4. The monoisotopic (exact) mass is 781 g/mol. The lowest BCUT2D eigenvalue weighted by molar-refractivity contribution is -0.887. The lowest BCUT2D eigenvalue weighted by Gasteiger charge is -2.31. The quantitative estimate of drug-likeness (QED) is 0.0285. The summed E-state index contributed by atoms with van der Waals surface area (Å²) in [6.07, 6.45) is 41.2. The molecule has 8 heteroatoms. The van der Waals surface area contributed by atoms with E-state index in [1.54, 1.807) is 0 Å². The van der Waals surface area contributed by atoms with Crippen LogP contribution in [0.4, 0.5) is 0 Å². The van der Waals surface area contributed by atoms with Crippen LogP contribution < -0.4 is 0 Å². The molecule has 0 saturated carbocycles. The van der Waals surface area contributed by atoms with E-state index in [0.717, 1.165) is 38.5 Å². The second-order valence-electron chi connectivity index (χ2n) is 17.0. The average molecular weight is 781 g/mol. The number of rotatable bonds is 42. The first-order chi connectivity index (χ1) is 26.6. The van der Waals surface area contributed by atoms with E-state index in [-0.39, 0.29) is 36.2 Å². The minimum absolute atomic E-state index is 0.0476. The fourth-order valence-corrected chi connectivity index (χ4v) is 7.03. The molecule has 0 aliphatic heterocycles. The predicted octanol–water partition coefficient (Wildman–Crippen LogP) is 12.7. The van der Waals surface area contributed by atoms with Gasteiger partial charge in [-0.2, -0.15) is 0 Å². The summed E-state index contributed by atoms with van der Waals surface area (Å²) in [6, 6.07) is -0.610. The molecule has 0 fully saturated rings. The molecule has 0 amide bonds. The third-order valence-electron chi connectivity index (χ3n) is 10.7. The Morgan fingerprint density at radius 2 is 0.909 bits per heavy atom. The first-order valence-electron chi connectivity index (χ1n) is 23.2. The number of carbonyl (C=O) groups excluding carboxylic acids is 2. The maximum Gasteiger partial charge on any atom is 0.362 e. The molecule has 1 N–H and O–H groups in total. The number of hydrogen-bond donors (Lipinski definition) is 1. The number of carbonyl (C=O) groups is 3. The van der Waals surface area contributed by atoms with Crippen molar-refractivity contribution in [3.63, 3.8) is 0 Å². The van der Waals surface area contributed by atoms with Crippen molar-refractivity contribution < 1.29 is 38.2 Å². The number of carboxylic acids is 1. The van der Waals surface area contributed by atoms with Crippen molar-refractivity contribution in [3.8, 4) is 0 Å². The Kier molecular flexibility index (Phi) is 37.6. The topological polar surface area (TPSA) is 99.1 Å². The summed E-state index contributed by atoms with van der Waals surface area (Å²) in [5.41, 5.74) is 0. The summed E-state index contributed by atoms with van der Waals surface area (Å²) in [4.78, 5) is 36.9. The number of quaternary nitrogens is 1. The standard InChI is InChI=1S/C47H89NO7/c1-6-8-10-12-14-16-18-19-20-21-22-23-24-25-26-27-28-30-31-33-35-37-45(49)54-42-43(41-53-40-39-44(47(51)52)48(3,4)5)55-46(50)38-36-34-32-29-17-15-13-11-9-7-2/h23-24,43-44H,6-22,25-42H2,1-5H3/p+1/b24-23+. The summed E-state index contributed by atoms with van der Waals surface area (Å²) < 4.78 is 17.3. The maximum atomic E-state index is 12.7. The van der Waals surface area contributed by atoms with Crippen LogP contribution in [0.3, 0.4) is 0 Å². The van der Waals surface area contributed by atoms with Crippen LogP contribution in [0, 0.1) is 0 Å². The van der Waals surface area contributed by atoms with Crippen molar-refractivity contribution in [2.75, 3.05) is 41.0 Å². The minimum Gasteiger partial charge on any atom is -0.477 e. The summed E-state index contributed by atoms with van der Waals surface area (Å²) >= 11 is 0. The molecule has 0 aromatic heterocycles. The average Bonchev–Trinajstić information content (AvgIpc) is 3.14. The fraction of sp³-hybridized carbons (Fsp3) is 0.894. The number of esters is 2. The molecule has 0 aliphatic rings. The van der Waals surface area contributed by atoms with Crippen molar-refractivity contribution in [3.05, 3.63) is 12.2 Å². The predicted molar refractivity (Wildman–Crippen MR) is 229 cm³/mol. The molecule has 0 saturated heterocycles. The third-order valence-corrected chi connectivity index (χ3v) is 10.7. The van der Waals surface area contributed by atoms with Crippen LogP contribution in [0.1, 0.15) is 219 Å². The smallest absolute Gasteiger partial charge is 0.362 e. The Hall–Kier alpha value is -1.93. The van der Waals surface area contributed by atoms with Crippen molar-refractivity contribution in [1.29, 1.82) is 0 Å². The fourth-order valence-electron chi connectivity index (χ4n) is 7.03. The second-order valence-corrected chi connectivity index (χ2v) is 17.0. The first-order valence-corrected chi connectivity index (χ1v) is 23.2. The largest absolute Gasteiger partial charge is 0.477 e. The number of nitrogens with zero attached hydrogens (tertiary/aromatic N) is 1. The van der Waals surface area contributed by atoms with E-state index in [0.29, 0.717) is 19.3 Å². The van der Waals surface area contributed by atoms with Gasteiger partial charge in [-0.1, -0.05) is 174 Å². The molecule has 0 aromatic rings. The van der Waals surface area contributed by atoms with Gasteiger partial charge in [-0.3, -0.25) is 9.59 Å². The minimum atomic E-state index is -0.873. The van der Waals surface area contributed by atoms with Crippen LogP contribution in [0.5, 0.6) is 0 Å². The summed E-state index contributed by atoms with van der Waals surface area (Å²) in [6.45, 7) is 4.74. The highest BCUT2D eigenvalue weighted by Crippen LogP contribution is 2.15. The molecule has 0 heterocycles. The number of likely N-dealkylation sites (N-methyl/N-ethyl adjacent to an activating group) is 1. The molecule has 324 valence electrons. The van der Waals surface area contributed by atoms with Crippen molar-refractivity contribution in [1.82, 2.24) is 0 Å². The van der Waals surface area contributed by atoms with E-state index in [2.05, 4.69) is 26.0 Å². The molecule has 0 rings (SSSR count). The van der Waals surface area contributed by atoms with E-state index in [9.17, 15) is 19.5 Å². The number of unbranched alkanes of at least 4 members (excludes halogenated alkanes) is 26. The normalized spacial score (nSPS) is 13.0.